The summed E-state index contributed by atoms with van der Waals surface area (Å²) < 4.78 is 0.741. The van der Waals surface area contributed by atoms with Crippen LogP contribution in [0.2, 0.25) is 5.02 Å². The fourth-order valence-electron chi connectivity index (χ4n) is 1.02. The van der Waals surface area contributed by atoms with Crippen LogP contribution in [0.15, 0.2) is 16.6 Å². The van der Waals surface area contributed by atoms with Gasteiger partial charge in [-0.15, -0.1) is 0 Å². The van der Waals surface area contributed by atoms with E-state index in [0.717, 1.165) is 15.6 Å². The number of carboxylic acid groups (broad SMARTS) is 1. The van der Waals surface area contributed by atoms with Gasteiger partial charge in [0.1, 0.15) is 0 Å². The lowest BCUT2D eigenvalue weighted by Gasteiger charge is -2.04. The van der Waals surface area contributed by atoms with E-state index >= 15 is 0 Å². The molecular weight excluding hydrogens is 255 g/mol. The summed E-state index contributed by atoms with van der Waals surface area (Å²) in [5, 5.41) is 9.24. The van der Waals surface area contributed by atoms with Gasteiger partial charge in [-0.1, -0.05) is 33.6 Å². The Hall–Kier alpha value is -0.540. The molecule has 0 atom stereocenters. The lowest BCUT2D eigenvalue weighted by Crippen LogP contribution is -2.01. The Bertz CT molecular complexity index is 350. The number of aliphatic carboxylic acids is 1. The summed E-state index contributed by atoms with van der Waals surface area (Å²) in [5.74, 6) is -0.845. The summed E-state index contributed by atoms with van der Waals surface area (Å²) in [6.07, 6.45) is 0.0125. The molecule has 1 rings (SSSR count). The van der Waals surface area contributed by atoms with Crippen LogP contribution in [0.3, 0.4) is 0 Å². The highest BCUT2D eigenvalue weighted by atomic mass is 79.9. The highest BCUT2D eigenvalue weighted by Gasteiger charge is 2.07. The zero-order chi connectivity index (χ0) is 10.0. The molecule has 0 fully saturated rings. The van der Waals surface area contributed by atoms with Gasteiger partial charge in [-0.3, -0.25) is 4.79 Å². The molecule has 0 heterocycles. The Labute approximate surface area is 89.7 Å². The van der Waals surface area contributed by atoms with E-state index in [9.17, 15) is 4.79 Å². The molecule has 0 radical (unpaired) electrons. The first-order valence-electron chi connectivity index (χ1n) is 3.67. The molecule has 4 heteroatoms. The van der Waals surface area contributed by atoms with Gasteiger partial charge in [-0.25, -0.2) is 0 Å². The van der Waals surface area contributed by atoms with E-state index in [1.54, 1.807) is 12.1 Å². The van der Waals surface area contributed by atoms with Gasteiger partial charge in [-0.05, 0) is 24.1 Å². The third-order valence-electron chi connectivity index (χ3n) is 1.67. The molecule has 0 amide bonds. The zero-order valence-electron chi connectivity index (χ0n) is 6.97. The van der Waals surface area contributed by atoms with Crippen molar-refractivity contribution in [2.75, 3.05) is 0 Å². The third kappa shape index (κ3) is 2.71. The second-order valence-electron chi connectivity index (χ2n) is 2.76. The highest BCUT2D eigenvalue weighted by molar-refractivity contribution is 9.10. The second-order valence-corrected chi connectivity index (χ2v) is 4.02. The number of carbonyl (C=O) groups is 1. The Morgan fingerprint density at radius 3 is 2.77 bits per heavy atom. The van der Waals surface area contributed by atoms with Crippen molar-refractivity contribution in [3.05, 3.63) is 32.8 Å². The molecule has 13 heavy (non-hydrogen) atoms. The van der Waals surface area contributed by atoms with Gasteiger partial charge >= 0.3 is 5.97 Å². The lowest BCUT2D eigenvalue weighted by atomic mass is 10.1. The number of benzene rings is 1. The minimum atomic E-state index is -0.845. The average Bonchev–Trinajstić information content (AvgIpc) is 1.99. The summed E-state index contributed by atoms with van der Waals surface area (Å²) in [7, 11) is 0. The van der Waals surface area contributed by atoms with Crippen LogP contribution in [-0.4, -0.2) is 11.1 Å². The molecule has 0 aliphatic rings. The van der Waals surface area contributed by atoms with Gasteiger partial charge in [0.15, 0.2) is 0 Å². The summed E-state index contributed by atoms with van der Waals surface area (Å²) >= 11 is 9.11. The Kier molecular flexibility index (Phi) is 3.33. The van der Waals surface area contributed by atoms with Crippen LogP contribution < -0.4 is 0 Å². The van der Waals surface area contributed by atoms with E-state index in [0.29, 0.717) is 5.02 Å². The van der Waals surface area contributed by atoms with Crippen molar-refractivity contribution >= 4 is 33.5 Å². The minimum absolute atomic E-state index is 0.0125. The molecule has 70 valence electrons. The maximum Gasteiger partial charge on any atom is 0.307 e. The largest absolute Gasteiger partial charge is 0.481 e. The van der Waals surface area contributed by atoms with Crippen LogP contribution in [-0.2, 0) is 11.2 Å². The fourth-order valence-corrected chi connectivity index (χ4v) is 1.79. The van der Waals surface area contributed by atoms with Crippen LogP contribution in [0.25, 0.3) is 0 Å². The molecule has 0 saturated heterocycles. The molecule has 2 nitrogen and oxygen atoms in total. The number of aryl methyl sites for hydroxylation is 1. The molecule has 0 bridgehead atoms. The third-order valence-corrected chi connectivity index (χ3v) is 2.81. The topological polar surface area (TPSA) is 37.3 Å². The van der Waals surface area contributed by atoms with Gasteiger partial charge in [0.05, 0.1) is 6.42 Å². The number of rotatable bonds is 2. The Morgan fingerprint density at radius 2 is 2.23 bits per heavy atom. The molecule has 0 saturated carbocycles. The maximum atomic E-state index is 10.5. The van der Waals surface area contributed by atoms with Crippen molar-refractivity contribution in [1.82, 2.24) is 0 Å². The summed E-state index contributed by atoms with van der Waals surface area (Å²) in [6, 6.07) is 3.50. The van der Waals surface area contributed by atoms with Crippen LogP contribution in [0.1, 0.15) is 11.1 Å². The van der Waals surface area contributed by atoms with Crippen molar-refractivity contribution in [1.29, 1.82) is 0 Å². The number of halogens is 2. The molecule has 1 N–H and O–H groups in total. The summed E-state index contributed by atoms with van der Waals surface area (Å²) in [4.78, 5) is 10.5. The Morgan fingerprint density at radius 1 is 1.62 bits per heavy atom. The average molecular weight is 264 g/mol. The number of hydrogen-bond donors (Lipinski definition) is 1. The molecule has 0 aromatic heterocycles. The second kappa shape index (κ2) is 4.11. The van der Waals surface area contributed by atoms with Gasteiger partial charge < -0.3 is 5.11 Å². The SMILES string of the molecule is Cc1cc(CC(=O)O)c(Br)cc1Cl. The standard InChI is InChI=1S/C9H8BrClO2/c1-5-2-6(3-9(12)13)7(10)4-8(5)11/h2,4H,3H2,1H3,(H,12,13). The van der Waals surface area contributed by atoms with Crippen LogP contribution >= 0.6 is 27.5 Å². The van der Waals surface area contributed by atoms with E-state index < -0.39 is 5.97 Å². The van der Waals surface area contributed by atoms with Crippen molar-refractivity contribution in [3.8, 4) is 0 Å². The van der Waals surface area contributed by atoms with Crippen LogP contribution in [0.4, 0.5) is 0 Å². The number of hydrogen-bond acceptors (Lipinski definition) is 1. The summed E-state index contributed by atoms with van der Waals surface area (Å²) in [5.41, 5.74) is 1.63. The molecule has 1 aromatic rings. The first-order chi connectivity index (χ1) is 6.00. The smallest absolute Gasteiger partial charge is 0.307 e. The molecule has 0 aliphatic heterocycles. The van der Waals surface area contributed by atoms with Crippen molar-refractivity contribution in [3.63, 3.8) is 0 Å². The van der Waals surface area contributed by atoms with E-state index in [1.807, 2.05) is 6.92 Å². The maximum absolute atomic E-state index is 10.5. The molecule has 1 aromatic carbocycles. The first kappa shape index (κ1) is 10.5. The first-order valence-corrected chi connectivity index (χ1v) is 4.84. The van der Waals surface area contributed by atoms with Gasteiger partial charge in [0.2, 0.25) is 0 Å². The van der Waals surface area contributed by atoms with Gasteiger partial charge in [0, 0.05) is 9.50 Å². The predicted octanol–water partition coefficient (Wildman–Crippen LogP) is 3.04. The van der Waals surface area contributed by atoms with Crippen molar-refractivity contribution in [2.45, 2.75) is 13.3 Å². The Balaban J connectivity index is 3.08. The predicted molar refractivity (Wildman–Crippen MR) is 55.2 cm³/mol. The van der Waals surface area contributed by atoms with E-state index in [2.05, 4.69) is 15.9 Å². The van der Waals surface area contributed by atoms with Gasteiger partial charge in [-0.2, -0.15) is 0 Å². The molecule has 0 aliphatic carbocycles. The minimum Gasteiger partial charge on any atom is -0.481 e. The van der Waals surface area contributed by atoms with Crippen molar-refractivity contribution in [2.24, 2.45) is 0 Å². The van der Waals surface area contributed by atoms with Gasteiger partial charge in [0.25, 0.3) is 0 Å². The molecule has 0 unspecified atom stereocenters. The summed E-state index contributed by atoms with van der Waals surface area (Å²) in [6.45, 7) is 1.85. The fraction of sp³-hybridized carbons (Fsp3) is 0.222. The molecule has 0 spiro atoms. The number of carboxylic acids is 1. The van der Waals surface area contributed by atoms with Crippen LogP contribution in [0, 0.1) is 6.92 Å². The monoisotopic (exact) mass is 262 g/mol. The van der Waals surface area contributed by atoms with E-state index in [1.165, 1.54) is 0 Å². The normalized spacial score (nSPS) is 10.1. The quantitative estimate of drug-likeness (QED) is 0.890. The van der Waals surface area contributed by atoms with Crippen molar-refractivity contribution < 1.29 is 9.90 Å². The van der Waals surface area contributed by atoms with Crippen LogP contribution in [0.5, 0.6) is 0 Å². The molecular formula is C9H8BrClO2. The zero-order valence-corrected chi connectivity index (χ0v) is 9.32. The van der Waals surface area contributed by atoms with E-state index in [4.69, 9.17) is 16.7 Å². The van der Waals surface area contributed by atoms with E-state index in [-0.39, 0.29) is 6.42 Å². The lowest BCUT2D eigenvalue weighted by molar-refractivity contribution is -0.136. The highest BCUT2D eigenvalue weighted by Crippen LogP contribution is 2.25.